The predicted octanol–water partition coefficient (Wildman–Crippen LogP) is 3.04. The van der Waals surface area contributed by atoms with Crippen LogP contribution in [0.15, 0.2) is 24.3 Å². The van der Waals surface area contributed by atoms with Gasteiger partial charge in [-0.2, -0.15) is 0 Å². The lowest BCUT2D eigenvalue weighted by molar-refractivity contribution is 0.317. The van der Waals surface area contributed by atoms with Crippen LogP contribution in [0.3, 0.4) is 0 Å². The number of fused-ring (bicyclic) bond motifs is 1. The predicted molar refractivity (Wildman–Crippen MR) is 74.5 cm³/mol. The van der Waals surface area contributed by atoms with E-state index in [1.165, 1.54) is 37.3 Å². The van der Waals surface area contributed by atoms with Crippen LogP contribution in [0.4, 0.5) is 0 Å². The fourth-order valence-corrected chi connectivity index (χ4v) is 2.86. The number of rotatable bonds is 4. The summed E-state index contributed by atoms with van der Waals surface area (Å²) in [5, 5.41) is 0. The van der Waals surface area contributed by atoms with Gasteiger partial charge in [-0.15, -0.1) is 0 Å². The number of para-hydroxylation sites is 2. The third kappa shape index (κ3) is 2.15. The van der Waals surface area contributed by atoms with E-state index in [9.17, 15) is 0 Å². The highest BCUT2D eigenvalue weighted by atomic mass is 15.2. The monoisotopic (exact) mass is 243 g/mol. The quantitative estimate of drug-likeness (QED) is 0.823. The van der Waals surface area contributed by atoms with Gasteiger partial charge in [0.05, 0.1) is 17.6 Å². The van der Waals surface area contributed by atoms with Crippen molar-refractivity contribution in [2.24, 2.45) is 0 Å². The number of imidazole rings is 1. The topological polar surface area (TPSA) is 21.1 Å². The number of hydrogen-bond acceptors (Lipinski definition) is 2. The summed E-state index contributed by atoms with van der Waals surface area (Å²) >= 11 is 0. The fourth-order valence-electron chi connectivity index (χ4n) is 2.86. The molecule has 0 atom stereocenters. The van der Waals surface area contributed by atoms with E-state index >= 15 is 0 Å². The highest BCUT2D eigenvalue weighted by molar-refractivity contribution is 5.75. The molecular weight excluding hydrogens is 222 g/mol. The smallest absolute Gasteiger partial charge is 0.124 e. The lowest BCUT2D eigenvalue weighted by atomic mass is 10.3. The van der Waals surface area contributed by atoms with E-state index in [2.05, 4.69) is 40.7 Å². The first-order valence-corrected chi connectivity index (χ1v) is 7.05. The van der Waals surface area contributed by atoms with Crippen LogP contribution in [0.25, 0.3) is 11.0 Å². The van der Waals surface area contributed by atoms with Gasteiger partial charge in [0, 0.05) is 6.54 Å². The molecule has 0 saturated carbocycles. The number of aryl methyl sites for hydroxylation is 1. The first kappa shape index (κ1) is 11.7. The van der Waals surface area contributed by atoms with E-state index < -0.39 is 0 Å². The van der Waals surface area contributed by atoms with Crippen molar-refractivity contribution in [1.29, 1.82) is 0 Å². The summed E-state index contributed by atoms with van der Waals surface area (Å²) in [5.74, 6) is 1.24. The van der Waals surface area contributed by atoms with Crippen molar-refractivity contribution >= 4 is 11.0 Å². The molecule has 3 rings (SSSR count). The van der Waals surface area contributed by atoms with Crippen LogP contribution in [0.5, 0.6) is 0 Å². The summed E-state index contributed by atoms with van der Waals surface area (Å²) in [5.41, 5.74) is 2.42. The molecule has 1 aromatic carbocycles. The Balaban J connectivity index is 1.95. The third-order valence-corrected chi connectivity index (χ3v) is 3.74. The van der Waals surface area contributed by atoms with Crippen LogP contribution in [0.2, 0.25) is 0 Å². The SMILES string of the molecule is CCCn1c(CN2CCCC2)nc2ccccc21. The van der Waals surface area contributed by atoms with Gasteiger partial charge in [-0.3, -0.25) is 4.90 Å². The second-order valence-electron chi connectivity index (χ2n) is 5.15. The summed E-state index contributed by atoms with van der Waals surface area (Å²) in [6.45, 7) is 6.78. The number of hydrogen-bond donors (Lipinski definition) is 0. The highest BCUT2D eigenvalue weighted by Crippen LogP contribution is 2.19. The Hall–Kier alpha value is -1.35. The van der Waals surface area contributed by atoms with Crippen LogP contribution < -0.4 is 0 Å². The van der Waals surface area contributed by atoms with Crippen LogP contribution in [0.1, 0.15) is 32.0 Å². The molecule has 0 spiro atoms. The van der Waals surface area contributed by atoms with Gasteiger partial charge in [-0.1, -0.05) is 19.1 Å². The second kappa shape index (κ2) is 5.11. The number of aromatic nitrogens is 2. The van der Waals surface area contributed by atoms with Gasteiger partial charge in [-0.25, -0.2) is 4.98 Å². The molecule has 1 aliphatic heterocycles. The zero-order valence-corrected chi connectivity index (χ0v) is 11.1. The standard InChI is InChI=1S/C15H21N3/c1-2-9-18-14-8-4-3-7-13(14)16-15(18)12-17-10-5-6-11-17/h3-4,7-8H,2,5-6,9-12H2,1H3. The zero-order valence-electron chi connectivity index (χ0n) is 11.1. The van der Waals surface area contributed by atoms with Crippen molar-refractivity contribution in [3.05, 3.63) is 30.1 Å². The summed E-state index contributed by atoms with van der Waals surface area (Å²) in [6, 6.07) is 8.49. The lowest BCUT2D eigenvalue weighted by Gasteiger charge is -2.15. The molecule has 0 amide bonds. The van der Waals surface area contributed by atoms with Crippen LogP contribution in [-0.4, -0.2) is 27.5 Å². The molecule has 1 saturated heterocycles. The molecule has 0 bridgehead atoms. The molecule has 0 unspecified atom stereocenters. The Morgan fingerprint density at radius 1 is 1.17 bits per heavy atom. The van der Waals surface area contributed by atoms with Crippen LogP contribution >= 0.6 is 0 Å². The average Bonchev–Trinajstić information content (AvgIpc) is 3.00. The first-order valence-electron chi connectivity index (χ1n) is 7.05. The molecule has 1 fully saturated rings. The summed E-state index contributed by atoms with van der Waals surface area (Å²) in [4.78, 5) is 7.34. The van der Waals surface area contributed by atoms with Crippen LogP contribution in [0, 0.1) is 0 Å². The lowest BCUT2D eigenvalue weighted by Crippen LogP contribution is -2.21. The maximum absolute atomic E-state index is 4.82. The van der Waals surface area contributed by atoms with Gasteiger partial charge < -0.3 is 4.57 Å². The van der Waals surface area contributed by atoms with Crippen molar-refractivity contribution in [3.63, 3.8) is 0 Å². The molecule has 1 aliphatic rings. The minimum Gasteiger partial charge on any atom is -0.327 e. The van der Waals surface area contributed by atoms with Gasteiger partial charge in [0.2, 0.25) is 0 Å². The van der Waals surface area contributed by atoms with Gasteiger partial charge >= 0.3 is 0 Å². The van der Waals surface area contributed by atoms with Crippen molar-refractivity contribution < 1.29 is 0 Å². The Morgan fingerprint density at radius 2 is 1.94 bits per heavy atom. The molecule has 3 heteroatoms. The third-order valence-electron chi connectivity index (χ3n) is 3.74. The molecule has 1 aromatic heterocycles. The summed E-state index contributed by atoms with van der Waals surface area (Å²) < 4.78 is 2.40. The van der Waals surface area contributed by atoms with E-state index in [0.717, 1.165) is 25.0 Å². The van der Waals surface area contributed by atoms with E-state index in [-0.39, 0.29) is 0 Å². The molecule has 3 nitrogen and oxygen atoms in total. The summed E-state index contributed by atoms with van der Waals surface area (Å²) in [6.07, 6.45) is 3.84. The maximum Gasteiger partial charge on any atom is 0.124 e. The normalized spacial score (nSPS) is 16.7. The minimum absolute atomic E-state index is 1.01. The first-order chi connectivity index (χ1) is 8.88. The molecule has 0 radical (unpaired) electrons. The van der Waals surface area contributed by atoms with Crippen molar-refractivity contribution in [3.8, 4) is 0 Å². The fraction of sp³-hybridized carbons (Fsp3) is 0.533. The maximum atomic E-state index is 4.82. The molecular formula is C15H21N3. The van der Waals surface area contributed by atoms with E-state index in [0.29, 0.717) is 0 Å². The van der Waals surface area contributed by atoms with Crippen molar-refractivity contribution in [1.82, 2.24) is 14.5 Å². The van der Waals surface area contributed by atoms with Gasteiger partial charge in [0.15, 0.2) is 0 Å². The Bertz CT molecular complexity index is 524. The molecule has 18 heavy (non-hydrogen) atoms. The number of benzene rings is 1. The molecule has 0 N–H and O–H groups in total. The van der Waals surface area contributed by atoms with Crippen LogP contribution in [-0.2, 0) is 13.1 Å². The summed E-state index contributed by atoms with van der Waals surface area (Å²) in [7, 11) is 0. The van der Waals surface area contributed by atoms with E-state index in [4.69, 9.17) is 4.98 Å². The molecule has 2 aromatic rings. The number of nitrogens with zero attached hydrogens (tertiary/aromatic N) is 3. The second-order valence-corrected chi connectivity index (χ2v) is 5.15. The van der Waals surface area contributed by atoms with Gasteiger partial charge in [-0.05, 0) is 44.5 Å². The largest absolute Gasteiger partial charge is 0.327 e. The molecule has 0 aliphatic carbocycles. The number of likely N-dealkylation sites (tertiary alicyclic amines) is 1. The van der Waals surface area contributed by atoms with E-state index in [1.54, 1.807) is 0 Å². The molecule has 2 heterocycles. The van der Waals surface area contributed by atoms with E-state index in [1.807, 2.05) is 0 Å². The van der Waals surface area contributed by atoms with Crippen molar-refractivity contribution in [2.75, 3.05) is 13.1 Å². The highest BCUT2D eigenvalue weighted by Gasteiger charge is 2.16. The Kier molecular flexibility index (Phi) is 3.33. The average molecular weight is 243 g/mol. The van der Waals surface area contributed by atoms with Gasteiger partial charge in [0.1, 0.15) is 5.82 Å². The minimum atomic E-state index is 1.01. The Labute approximate surface area is 108 Å². The zero-order chi connectivity index (χ0) is 12.4. The Morgan fingerprint density at radius 3 is 2.72 bits per heavy atom. The molecule has 96 valence electrons. The van der Waals surface area contributed by atoms with Crippen molar-refractivity contribution in [2.45, 2.75) is 39.3 Å². The van der Waals surface area contributed by atoms with Gasteiger partial charge in [0.25, 0.3) is 0 Å².